The van der Waals surface area contributed by atoms with E-state index in [0.29, 0.717) is 19.5 Å². The SMILES string of the molecule is CC[NH2+]CCO.CC[NH2+]CCO.CS(=O)(=O)[O-].[Cl-]. The number of quaternary nitrogens is 2. The number of halogens is 1. The summed E-state index contributed by atoms with van der Waals surface area (Å²) in [6, 6.07) is 0. The van der Waals surface area contributed by atoms with Gasteiger partial charge in [0.05, 0.1) is 49.5 Å². The van der Waals surface area contributed by atoms with Crippen LogP contribution in [0.25, 0.3) is 0 Å². The molecule has 0 spiro atoms. The van der Waals surface area contributed by atoms with Crippen molar-refractivity contribution < 1.29 is 46.2 Å². The molecule has 0 radical (unpaired) electrons. The molecule has 0 rings (SSSR count). The van der Waals surface area contributed by atoms with E-state index in [0.717, 1.165) is 26.2 Å². The molecule has 0 fully saturated rings. The average Bonchev–Trinajstić information content (AvgIpc) is 2.22. The summed E-state index contributed by atoms with van der Waals surface area (Å²) < 4.78 is 27.2. The topological polar surface area (TPSA) is 131 Å². The lowest BCUT2D eigenvalue weighted by Gasteiger charge is -1.90. The van der Waals surface area contributed by atoms with E-state index in [1.807, 2.05) is 0 Å². The molecule has 0 saturated carbocycles. The molecule has 0 unspecified atom stereocenters. The zero-order valence-corrected chi connectivity index (χ0v) is 12.9. The molecule has 9 heteroatoms. The molecular weight excluding hydrogens is 284 g/mol. The quantitative estimate of drug-likeness (QED) is 0.286. The van der Waals surface area contributed by atoms with E-state index in [1.165, 1.54) is 0 Å². The fraction of sp³-hybridized carbons (Fsp3) is 1.00. The molecule has 0 amide bonds. The van der Waals surface area contributed by atoms with Crippen LogP contribution in [0.4, 0.5) is 0 Å². The number of aliphatic hydroxyl groups is 2. The lowest BCUT2D eigenvalue weighted by molar-refractivity contribution is -0.653. The summed E-state index contributed by atoms with van der Waals surface area (Å²) >= 11 is 0. The molecule has 0 atom stereocenters. The Bertz CT molecular complexity index is 191. The largest absolute Gasteiger partial charge is 1.00 e. The number of likely N-dealkylation sites (N-methyl/N-ethyl adjacent to an activating group) is 2. The standard InChI is InChI=1S/2C4H11NO.CH4O3S.ClH/c2*1-2-5-3-4-6;1-5(2,3)4;/h2*5-6H,2-4H2,1H3;1H3,(H,2,3,4);1H. The fourth-order valence-corrected chi connectivity index (χ4v) is 0.591. The van der Waals surface area contributed by atoms with Crippen LogP contribution in [0.5, 0.6) is 0 Å². The third kappa shape index (κ3) is 99.5. The molecule has 0 aliphatic heterocycles. The monoisotopic (exact) mass is 310 g/mol. The second-order valence-corrected chi connectivity index (χ2v) is 4.53. The Morgan fingerprint density at radius 3 is 1.28 bits per heavy atom. The van der Waals surface area contributed by atoms with Crippen molar-refractivity contribution in [2.24, 2.45) is 0 Å². The van der Waals surface area contributed by atoms with Crippen LogP contribution in [0.15, 0.2) is 0 Å². The fourth-order valence-electron chi connectivity index (χ4n) is 0.591. The Kier molecular flexibility index (Phi) is 32.8. The third-order valence-electron chi connectivity index (χ3n) is 1.24. The molecule has 0 heterocycles. The van der Waals surface area contributed by atoms with Gasteiger partial charge in [-0.15, -0.1) is 0 Å². The van der Waals surface area contributed by atoms with Gasteiger partial charge >= 0.3 is 0 Å². The van der Waals surface area contributed by atoms with Crippen LogP contribution < -0.4 is 23.0 Å². The summed E-state index contributed by atoms with van der Waals surface area (Å²) in [5.74, 6) is 0. The first-order chi connectivity index (χ1) is 7.83. The van der Waals surface area contributed by atoms with Gasteiger partial charge in [0.15, 0.2) is 0 Å². The molecule has 0 aliphatic carbocycles. The van der Waals surface area contributed by atoms with Crippen molar-refractivity contribution in [3.8, 4) is 0 Å². The third-order valence-corrected chi connectivity index (χ3v) is 1.24. The van der Waals surface area contributed by atoms with Crippen LogP contribution in [0.1, 0.15) is 13.8 Å². The molecule has 18 heavy (non-hydrogen) atoms. The van der Waals surface area contributed by atoms with Crippen LogP contribution in [0, 0.1) is 0 Å². The Labute approximate surface area is 116 Å². The molecule has 7 nitrogen and oxygen atoms in total. The predicted molar refractivity (Wildman–Crippen MR) is 64.5 cm³/mol. The summed E-state index contributed by atoms with van der Waals surface area (Å²) in [7, 11) is -3.92. The van der Waals surface area contributed by atoms with Crippen molar-refractivity contribution >= 4 is 10.1 Å². The number of aliphatic hydroxyl groups excluding tert-OH is 2. The van der Waals surface area contributed by atoms with Crippen molar-refractivity contribution in [3.05, 3.63) is 0 Å². The van der Waals surface area contributed by atoms with Gasteiger partial charge in [-0.25, -0.2) is 8.42 Å². The molecule has 0 aliphatic rings. The number of nitrogens with two attached hydrogens (primary N) is 2. The van der Waals surface area contributed by atoms with Gasteiger partial charge < -0.3 is 37.8 Å². The first-order valence-corrected chi connectivity index (χ1v) is 7.40. The van der Waals surface area contributed by atoms with Crippen LogP contribution in [0.2, 0.25) is 0 Å². The van der Waals surface area contributed by atoms with Crippen LogP contribution >= 0.6 is 0 Å². The molecule has 6 N–H and O–H groups in total. The normalized spacial score (nSPS) is 9.22. The second kappa shape index (κ2) is 22.2. The maximum absolute atomic E-state index is 9.08. The number of hydrogen-bond donors (Lipinski definition) is 4. The predicted octanol–water partition coefficient (Wildman–Crippen LogP) is -6.71. The summed E-state index contributed by atoms with van der Waals surface area (Å²) in [5, 5.41) is 20.4. The van der Waals surface area contributed by atoms with E-state index >= 15 is 0 Å². The molecule has 0 aromatic rings. The van der Waals surface area contributed by atoms with Crippen LogP contribution in [-0.2, 0) is 10.1 Å². The van der Waals surface area contributed by atoms with Crippen molar-refractivity contribution in [1.29, 1.82) is 0 Å². The van der Waals surface area contributed by atoms with Gasteiger partial charge in [0.25, 0.3) is 0 Å². The molecule has 0 aromatic carbocycles. The molecular formula is C9H27ClN2O5S. The van der Waals surface area contributed by atoms with Gasteiger partial charge in [0, 0.05) is 6.26 Å². The highest BCUT2D eigenvalue weighted by molar-refractivity contribution is 7.84. The number of hydrogen-bond acceptors (Lipinski definition) is 5. The molecule has 0 bridgehead atoms. The molecule has 0 aromatic heterocycles. The maximum atomic E-state index is 9.08. The Morgan fingerprint density at radius 2 is 1.22 bits per heavy atom. The Balaban J connectivity index is -0.0000000799. The minimum atomic E-state index is -3.92. The van der Waals surface area contributed by atoms with Gasteiger partial charge in [-0.3, -0.25) is 0 Å². The maximum Gasteiger partial charge on any atom is 0.0990 e. The minimum Gasteiger partial charge on any atom is -1.00 e. The zero-order chi connectivity index (χ0) is 14.2. The van der Waals surface area contributed by atoms with Gasteiger partial charge in [-0.2, -0.15) is 0 Å². The first-order valence-electron chi connectivity index (χ1n) is 5.59. The Hall–Kier alpha value is 0.0400. The van der Waals surface area contributed by atoms with Crippen LogP contribution in [0.3, 0.4) is 0 Å². The van der Waals surface area contributed by atoms with Gasteiger partial charge in [0.1, 0.15) is 0 Å². The van der Waals surface area contributed by atoms with Gasteiger partial charge in [0.2, 0.25) is 0 Å². The van der Waals surface area contributed by atoms with Gasteiger partial charge in [-0.1, -0.05) is 0 Å². The van der Waals surface area contributed by atoms with E-state index in [9.17, 15) is 0 Å². The second-order valence-electron chi connectivity index (χ2n) is 3.12. The first kappa shape index (κ1) is 26.6. The van der Waals surface area contributed by atoms with E-state index in [2.05, 4.69) is 24.5 Å². The van der Waals surface area contributed by atoms with Crippen molar-refractivity contribution in [2.75, 3.05) is 45.6 Å². The van der Waals surface area contributed by atoms with Crippen LogP contribution in [-0.4, -0.2) is 68.8 Å². The zero-order valence-electron chi connectivity index (χ0n) is 11.3. The Morgan fingerprint density at radius 1 is 1.00 bits per heavy atom. The summed E-state index contributed by atoms with van der Waals surface area (Å²) in [5.41, 5.74) is 0. The average molecular weight is 311 g/mol. The summed E-state index contributed by atoms with van der Waals surface area (Å²) in [6.45, 7) is 8.56. The van der Waals surface area contributed by atoms with E-state index in [1.54, 1.807) is 0 Å². The highest BCUT2D eigenvalue weighted by Gasteiger charge is 1.77. The van der Waals surface area contributed by atoms with Crippen molar-refractivity contribution in [2.45, 2.75) is 13.8 Å². The summed E-state index contributed by atoms with van der Waals surface area (Å²) in [4.78, 5) is 0. The van der Waals surface area contributed by atoms with Crippen molar-refractivity contribution in [3.63, 3.8) is 0 Å². The lowest BCUT2D eigenvalue weighted by atomic mass is 10.6. The van der Waals surface area contributed by atoms with E-state index in [-0.39, 0.29) is 12.4 Å². The minimum absolute atomic E-state index is 0. The molecule has 116 valence electrons. The summed E-state index contributed by atoms with van der Waals surface area (Å²) in [6.07, 6.45) is 0.604. The van der Waals surface area contributed by atoms with E-state index < -0.39 is 10.1 Å². The highest BCUT2D eigenvalue weighted by Crippen LogP contribution is 1.59. The van der Waals surface area contributed by atoms with Crippen molar-refractivity contribution in [1.82, 2.24) is 0 Å². The van der Waals surface area contributed by atoms with E-state index in [4.69, 9.17) is 23.2 Å². The smallest absolute Gasteiger partial charge is 0.0990 e. The highest BCUT2D eigenvalue weighted by atomic mass is 35.5. The van der Waals surface area contributed by atoms with Gasteiger partial charge in [-0.05, 0) is 13.8 Å². The molecule has 0 saturated heterocycles. The lowest BCUT2D eigenvalue weighted by Crippen LogP contribution is -3.00. The number of rotatable bonds is 6.